The van der Waals surface area contributed by atoms with Crippen LogP contribution in [0.2, 0.25) is 0 Å². The van der Waals surface area contributed by atoms with E-state index in [0.717, 1.165) is 19.4 Å². The molecule has 19 heavy (non-hydrogen) atoms. The number of aliphatic hydroxyl groups excluding tert-OH is 1. The number of amides is 1. The third-order valence-electron chi connectivity index (χ3n) is 3.34. The molecule has 1 unspecified atom stereocenters. The Labute approximate surface area is 113 Å². The van der Waals surface area contributed by atoms with Crippen molar-refractivity contribution in [1.29, 1.82) is 0 Å². The van der Waals surface area contributed by atoms with Gasteiger partial charge in [0.15, 0.2) is 0 Å². The van der Waals surface area contributed by atoms with Gasteiger partial charge in [-0.25, -0.2) is 0 Å². The van der Waals surface area contributed by atoms with Crippen molar-refractivity contribution in [2.24, 2.45) is 0 Å². The molecule has 1 aromatic rings. The molecular weight excluding hydrogens is 244 g/mol. The van der Waals surface area contributed by atoms with Gasteiger partial charge in [0.1, 0.15) is 5.75 Å². The summed E-state index contributed by atoms with van der Waals surface area (Å²) in [6.07, 6.45) is 1.12. The average Bonchev–Trinajstić information content (AvgIpc) is 2.98. The summed E-state index contributed by atoms with van der Waals surface area (Å²) in [4.78, 5) is 11.8. The highest BCUT2D eigenvalue weighted by molar-refractivity contribution is 5.82. The van der Waals surface area contributed by atoms with Crippen molar-refractivity contribution < 1.29 is 14.6 Å². The van der Waals surface area contributed by atoms with Gasteiger partial charge in [0, 0.05) is 12.1 Å². The first-order chi connectivity index (χ1) is 9.22. The minimum atomic E-state index is -0.762. The Balaban J connectivity index is 1.89. The fraction of sp³-hybridized carbons (Fsp3) is 0.500. The molecule has 0 bridgehead atoms. The average molecular weight is 264 g/mol. The highest BCUT2D eigenvalue weighted by Gasteiger charge is 2.22. The summed E-state index contributed by atoms with van der Waals surface area (Å²) in [5.41, 5.74) is 0.685. The van der Waals surface area contributed by atoms with Gasteiger partial charge in [-0.1, -0.05) is 18.2 Å². The minimum absolute atomic E-state index is 0.0496. The van der Waals surface area contributed by atoms with Gasteiger partial charge in [0.2, 0.25) is 5.91 Å². The predicted molar refractivity (Wildman–Crippen MR) is 72.0 cm³/mol. The van der Waals surface area contributed by atoms with Crippen LogP contribution >= 0.6 is 0 Å². The first-order valence-electron chi connectivity index (χ1n) is 6.54. The number of para-hydroxylation sites is 1. The Morgan fingerprint density at radius 2 is 2.37 bits per heavy atom. The van der Waals surface area contributed by atoms with Gasteiger partial charge in [-0.15, -0.1) is 0 Å². The van der Waals surface area contributed by atoms with Crippen molar-refractivity contribution in [2.75, 3.05) is 20.2 Å². The largest absolute Gasteiger partial charge is 0.496 e. The number of hydrogen-bond donors (Lipinski definition) is 3. The Morgan fingerprint density at radius 1 is 1.58 bits per heavy atom. The second-order valence-electron chi connectivity index (χ2n) is 4.65. The minimum Gasteiger partial charge on any atom is -0.496 e. The fourth-order valence-electron chi connectivity index (χ4n) is 2.28. The molecule has 1 saturated heterocycles. The number of carbonyl (C=O) groups is 1. The molecule has 5 nitrogen and oxygen atoms in total. The summed E-state index contributed by atoms with van der Waals surface area (Å²) in [6, 6.07) is 7.14. The van der Waals surface area contributed by atoms with Crippen LogP contribution in [0.3, 0.4) is 0 Å². The highest BCUT2D eigenvalue weighted by atomic mass is 16.5. The lowest BCUT2D eigenvalue weighted by Crippen LogP contribution is -2.41. The van der Waals surface area contributed by atoms with E-state index in [1.54, 1.807) is 19.2 Å². The van der Waals surface area contributed by atoms with E-state index in [-0.39, 0.29) is 18.5 Å². The third-order valence-corrected chi connectivity index (χ3v) is 3.34. The first-order valence-corrected chi connectivity index (χ1v) is 6.54. The van der Waals surface area contributed by atoms with E-state index in [1.165, 1.54) is 0 Å². The number of nitrogens with one attached hydrogen (secondary N) is 2. The van der Waals surface area contributed by atoms with Crippen molar-refractivity contribution in [3.05, 3.63) is 29.8 Å². The van der Waals surface area contributed by atoms with Crippen LogP contribution in [0.15, 0.2) is 24.3 Å². The SMILES string of the molecule is COc1ccccc1C(O)CNC(=O)[C@@H]1CCCN1. The lowest BCUT2D eigenvalue weighted by Gasteiger charge is -2.17. The van der Waals surface area contributed by atoms with Crippen LogP contribution in [-0.4, -0.2) is 37.3 Å². The van der Waals surface area contributed by atoms with Crippen molar-refractivity contribution in [2.45, 2.75) is 25.0 Å². The van der Waals surface area contributed by atoms with Crippen LogP contribution in [0, 0.1) is 0 Å². The molecule has 0 aromatic heterocycles. The van der Waals surface area contributed by atoms with E-state index in [1.807, 2.05) is 12.1 Å². The molecule has 0 spiro atoms. The first kappa shape index (κ1) is 13.8. The second-order valence-corrected chi connectivity index (χ2v) is 4.65. The third kappa shape index (κ3) is 3.45. The highest BCUT2D eigenvalue weighted by Crippen LogP contribution is 2.24. The van der Waals surface area contributed by atoms with E-state index >= 15 is 0 Å². The van der Waals surface area contributed by atoms with Gasteiger partial charge >= 0.3 is 0 Å². The summed E-state index contributed by atoms with van der Waals surface area (Å²) in [5, 5.41) is 16.0. The molecule has 0 saturated carbocycles. The van der Waals surface area contributed by atoms with E-state index in [2.05, 4.69) is 10.6 Å². The van der Waals surface area contributed by atoms with Gasteiger partial charge < -0.3 is 20.5 Å². The second kappa shape index (κ2) is 6.54. The van der Waals surface area contributed by atoms with E-state index in [9.17, 15) is 9.90 Å². The Bertz CT molecular complexity index is 430. The topological polar surface area (TPSA) is 70.6 Å². The number of ether oxygens (including phenoxy) is 1. The van der Waals surface area contributed by atoms with Gasteiger partial charge in [-0.3, -0.25) is 4.79 Å². The molecule has 104 valence electrons. The predicted octanol–water partition coefficient (Wildman–Crippen LogP) is 0.597. The smallest absolute Gasteiger partial charge is 0.237 e. The van der Waals surface area contributed by atoms with Crippen LogP contribution in [0.4, 0.5) is 0 Å². The molecule has 1 aliphatic heterocycles. The molecule has 1 amide bonds. The quantitative estimate of drug-likeness (QED) is 0.728. The monoisotopic (exact) mass is 264 g/mol. The summed E-state index contributed by atoms with van der Waals surface area (Å²) in [7, 11) is 1.56. The fourth-order valence-corrected chi connectivity index (χ4v) is 2.28. The summed E-state index contributed by atoms with van der Waals surface area (Å²) < 4.78 is 5.19. The molecule has 5 heteroatoms. The van der Waals surface area contributed by atoms with Crippen LogP contribution in [0.5, 0.6) is 5.75 Å². The van der Waals surface area contributed by atoms with Crippen molar-refractivity contribution >= 4 is 5.91 Å². The summed E-state index contributed by atoms with van der Waals surface area (Å²) >= 11 is 0. The van der Waals surface area contributed by atoms with E-state index < -0.39 is 6.10 Å². The maximum Gasteiger partial charge on any atom is 0.237 e. The van der Waals surface area contributed by atoms with Crippen molar-refractivity contribution in [3.63, 3.8) is 0 Å². The molecule has 1 aliphatic rings. The molecule has 1 heterocycles. The van der Waals surface area contributed by atoms with Crippen molar-refractivity contribution in [1.82, 2.24) is 10.6 Å². The van der Waals surface area contributed by atoms with Crippen LogP contribution in [-0.2, 0) is 4.79 Å². The number of carbonyl (C=O) groups excluding carboxylic acids is 1. The molecule has 1 fully saturated rings. The lowest BCUT2D eigenvalue weighted by atomic mass is 10.1. The van der Waals surface area contributed by atoms with Crippen LogP contribution < -0.4 is 15.4 Å². The molecule has 2 atom stereocenters. The number of aliphatic hydroxyl groups is 1. The van der Waals surface area contributed by atoms with Crippen molar-refractivity contribution in [3.8, 4) is 5.75 Å². The zero-order valence-corrected chi connectivity index (χ0v) is 11.1. The Morgan fingerprint density at radius 3 is 3.05 bits per heavy atom. The number of rotatable bonds is 5. The zero-order chi connectivity index (χ0) is 13.7. The van der Waals surface area contributed by atoms with Crippen LogP contribution in [0.25, 0.3) is 0 Å². The number of benzene rings is 1. The maximum atomic E-state index is 11.8. The normalized spacial score (nSPS) is 20.0. The molecule has 2 rings (SSSR count). The van der Waals surface area contributed by atoms with E-state index in [0.29, 0.717) is 11.3 Å². The Hall–Kier alpha value is -1.59. The number of hydrogen-bond acceptors (Lipinski definition) is 4. The summed E-state index contributed by atoms with van der Waals surface area (Å²) in [5.74, 6) is 0.578. The van der Waals surface area contributed by atoms with E-state index in [4.69, 9.17) is 4.74 Å². The van der Waals surface area contributed by atoms with Crippen LogP contribution in [0.1, 0.15) is 24.5 Å². The Kier molecular flexibility index (Phi) is 4.76. The molecule has 1 aromatic carbocycles. The van der Waals surface area contributed by atoms with Gasteiger partial charge in [-0.05, 0) is 25.5 Å². The maximum absolute atomic E-state index is 11.8. The summed E-state index contributed by atoms with van der Waals surface area (Å²) in [6.45, 7) is 1.07. The molecule has 0 radical (unpaired) electrons. The molecule has 0 aliphatic carbocycles. The molecule has 3 N–H and O–H groups in total. The van der Waals surface area contributed by atoms with Gasteiger partial charge in [0.05, 0.1) is 19.3 Å². The van der Waals surface area contributed by atoms with Gasteiger partial charge in [0.25, 0.3) is 0 Å². The molecular formula is C14H20N2O3. The van der Waals surface area contributed by atoms with Gasteiger partial charge in [-0.2, -0.15) is 0 Å². The zero-order valence-electron chi connectivity index (χ0n) is 11.1. The number of methoxy groups -OCH3 is 1. The standard InChI is InChI=1S/C14H20N2O3/c1-19-13-7-3-2-5-10(13)12(17)9-16-14(18)11-6-4-8-15-11/h2-3,5,7,11-12,15,17H,4,6,8-9H2,1H3,(H,16,18)/t11-,12?/m0/s1. The lowest BCUT2D eigenvalue weighted by molar-refractivity contribution is -0.123.